The van der Waals surface area contributed by atoms with E-state index in [0.29, 0.717) is 12.8 Å². The fourth-order valence-electron chi connectivity index (χ4n) is 1.71. The highest BCUT2D eigenvalue weighted by molar-refractivity contribution is 5.88. The average Bonchev–Trinajstić information content (AvgIpc) is 2.35. The maximum atomic E-state index is 13.8. The second-order valence-corrected chi connectivity index (χ2v) is 4.61. The number of anilines is 1. The summed E-state index contributed by atoms with van der Waals surface area (Å²) >= 11 is 0. The van der Waals surface area contributed by atoms with Gasteiger partial charge < -0.3 is 15.5 Å². The smallest absolute Gasteiger partial charge is 0.338 e. The molecule has 1 aromatic rings. The summed E-state index contributed by atoms with van der Waals surface area (Å²) in [5, 5.41) is 20.5. The minimum Gasteiger partial charge on any atom is -0.478 e. The molecule has 0 heterocycles. The predicted molar refractivity (Wildman–Crippen MR) is 67.3 cm³/mol. The van der Waals surface area contributed by atoms with Crippen molar-refractivity contribution in [3.8, 4) is 0 Å². The van der Waals surface area contributed by atoms with Gasteiger partial charge in [0.2, 0.25) is 0 Å². The summed E-state index contributed by atoms with van der Waals surface area (Å²) in [4.78, 5) is 10.7. The first-order valence-corrected chi connectivity index (χ1v) is 5.95. The van der Waals surface area contributed by atoms with Crippen molar-refractivity contribution in [2.75, 3.05) is 11.9 Å². The van der Waals surface area contributed by atoms with Crippen molar-refractivity contribution in [3.05, 3.63) is 29.3 Å². The highest BCUT2D eigenvalue weighted by atomic mass is 19.2. The van der Waals surface area contributed by atoms with Gasteiger partial charge in [0.1, 0.15) is 0 Å². The fraction of sp³-hybridized carbons (Fsp3) is 0.462. The monoisotopic (exact) mass is 273 g/mol. The fourth-order valence-corrected chi connectivity index (χ4v) is 1.71. The summed E-state index contributed by atoms with van der Waals surface area (Å²) in [6.07, 6.45) is 0.959. The van der Waals surface area contributed by atoms with Gasteiger partial charge in [-0.25, -0.2) is 13.6 Å². The number of carboxylic acid groups (broad SMARTS) is 1. The minimum absolute atomic E-state index is 0.0886. The molecule has 0 spiro atoms. The van der Waals surface area contributed by atoms with E-state index in [4.69, 9.17) is 10.2 Å². The van der Waals surface area contributed by atoms with Gasteiger partial charge in [-0.15, -0.1) is 0 Å². The second kappa shape index (κ2) is 5.97. The Labute approximate surface area is 110 Å². The number of rotatable bonds is 6. The molecule has 0 saturated heterocycles. The number of carboxylic acids is 1. The largest absolute Gasteiger partial charge is 0.478 e. The van der Waals surface area contributed by atoms with Crippen LogP contribution in [0, 0.1) is 11.6 Å². The Morgan fingerprint density at radius 3 is 2.47 bits per heavy atom. The van der Waals surface area contributed by atoms with Gasteiger partial charge in [-0.1, -0.05) is 6.92 Å². The third-order valence-electron chi connectivity index (χ3n) is 3.19. The molecule has 0 saturated carbocycles. The van der Waals surface area contributed by atoms with E-state index in [1.807, 2.05) is 6.92 Å². The van der Waals surface area contributed by atoms with E-state index in [2.05, 4.69) is 5.32 Å². The van der Waals surface area contributed by atoms with E-state index in [-0.39, 0.29) is 12.3 Å². The van der Waals surface area contributed by atoms with E-state index in [1.165, 1.54) is 6.07 Å². The van der Waals surface area contributed by atoms with Crippen LogP contribution in [0.1, 0.15) is 37.0 Å². The van der Waals surface area contributed by atoms with E-state index < -0.39 is 28.7 Å². The van der Waals surface area contributed by atoms with Crippen molar-refractivity contribution in [1.29, 1.82) is 0 Å². The minimum atomic E-state index is -1.52. The van der Waals surface area contributed by atoms with Gasteiger partial charge in [0, 0.05) is 12.1 Å². The molecule has 1 atom stereocenters. The Bertz CT molecular complexity index is 479. The zero-order valence-corrected chi connectivity index (χ0v) is 10.8. The van der Waals surface area contributed by atoms with E-state index in [0.717, 1.165) is 6.07 Å². The first kappa shape index (κ1) is 15.4. The predicted octanol–water partition coefficient (Wildman–Crippen LogP) is 2.63. The molecule has 0 fully saturated rings. The summed E-state index contributed by atoms with van der Waals surface area (Å²) in [5.74, 6) is -4.13. The van der Waals surface area contributed by atoms with E-state index in [1.54, 1.807) is 6.92 Å². The van der Waals surface area contributed by atoms with Crippen LogP contribution in [0.2, 0.25) is 0 Å². The average molecular weight is 273 g/mol. The Morgan fingerprint density at radius 2 is 2.00 bits per heavy atom. The lowest BCUT2D eigenvalue weighted by Crippen LogP contribution is -2.35. The maximum Gasteiger partial charge on any atom is 0.338 e. The van der Waals surface area contributed by atoms with Gasteiger partial charge in [0.15, 0.2) is 11.6 Å². The molecule has 1 rings (SSSR count). The first-order valence-electron chi connectivity index (χ1n) is 5.95. The zero-order chi connectivity index (χ0) is 14.6. The van der Waals surface area contributed by atoms with E-state index >= 15 is 0 Å². The quantitative estimate of drug-likeness (QED) is 0.745. The number of halogens is 2. The molecular weight excluding hydrogens is 256 g/mol. The molecular formula is C13H17F2NO3. The lowest BCUT2D eigenvalue weighted by molar-refractivity contribution is 0.0690. The van der Waals surface area contributed by atoms with Crippen LogP contribution in [0.3, 0.4) is 0 Å². The van der Waals surface area contributed by atoms with Gasteiger partial charge in [-0.05, 0) is 31.9 Å². The molecule has 0 bridgehead atoms. The lowest BCUT2D eigenvalue weighted by atomic mass is 9.94. The summed E-state index contributed by atoms with van der Waals surface area (Å²) < 4.78 is 27.3. The molecule has 0 amide bonds. The highest BCUT2D eigenvalue weighted by Crippen LogP contribution is 2.26. The standard InChI is InChI=1S/C13H17F2NO3/c1-3-13(2,6-7-17)16-9-5-4-8(12(18)19)10(14)11(9)15/h4-5,16-17H,3,6-7H2,1-2H3,(H,18,19). The number of carbonyl (C=O) groups is 1. The second-order valence-electron chi connectivity index (χ2n) is 4.61. The van der Waals surface area contributed by atoms with E-state index in [9.17, 15) is 13.6 Å². The molecule has 0 aliphatic rings. The van der Waals surface area contributed by atoms with Crippen LogP contribution in [0.15, 0.2) is 12.1 Å². The van der Waals surface area contributed by atoms with Crippen molar-refractivity contribution in [2.24, 2.45) is 0 Å². The van der Waals surface area contributed by atoms with Gasteiger partial charge in [-0.2, -0.15) is 0 Å². The number of hydrogen-bond donors (Lipinski definition) is 3. The third kappa shape index (κ3) is 3.41. The van der Waals surface area contributed by atoms with Crippen LogP contribution in [0.5, 0.6) is 0 Å². The van der Waals surface area contributed by atoms with Crippen molar-refractivity contribution in [3.63, 3.8) is 0 Å². The molecule has 0 radical (unpaired) electrons. The van der Waals surface area contributed by atoms with Crippen LogP contribution in [-0.2, 0) is 0 Å². The van der Waals surface area contributed by atoms with Crippen molar-refractivity contribution in [1.82, 2.24) is 0 Å². The Morgan fingerprint density at radius 1 is 1.37 bits per heavy atom. The Kier molecular flexibility index (Phi) is 4.83. The molecule has 3 N–H and O–H groups in total. The summed E-state index contributed by atoms with van der Waals surface area (Å²) in [5.41, 5.74) is -1.41. The molecule has 0 aliphatic heterocycles. The molecule has 6 heteroatoms. The zero-order valence-electron chi connectivity index (χ0n) is 10.8. The topological polar surface area (TPSA) is 69.6 Å². The van der Waals surface area contributed by atoms with Crippen LogP contribution in [-0.4, -0.2) is 28.3 Å². The van der Waals surface area contributed by atoms with Gasteiger partial charge in [0.05, 0.1) is 11.3 Å². The molecule has 1 aromatic carbocycles. The van der Waals surface area contributed by atoms with Crippen LogP contribution < -0.4 is 5.32 Å². The number of hydrogen-bond acceptors (Lipinski definition) is 3. The van der Waals surface area contributed by atoms with Gasteiger partial charge in [0.25, 0.3) is 0 Å². The van der Waals surface area contributed by atoms with Crippen LogP contribution >= 0.6 is 0 Å². The summed E-state index contributed by atoms with van der Waals surface area (Å²) in [7, 11) is 0. The van der Waals surface area contributed by atoms with Gasteiger partial charge >= 0.3 is 5.97 Å². The maximum absolute atomic E-state index is 13.8. The molecule has 19 heavy (non-hydrogen) atoms. The molecule has 106 valence electrons. The SMILES string of the molecule is CCC(C)(CCO)Nc1ccc(C(=O)O)c(F)c1F. The van der Waals surface area contributed by atoms with Crippen LogP contribution in [0.4, 0.5) is 14.5 Å². The number of benzene rings is 1. The lowest BCUT2D eigenvalue weighted by Gasteiger charge is -2.30. The van der Waals surface area contributed by atoms with Crippen molar-refractivity contribution >= 4 is 11.7 Å². The van der Waals surface area contributed by atoms with Crippen LogP contribution in [0.25, 0.3) is 0 Å². The normalized spacial score (nSPS) is 13.9. The number of aliphatic hydroxyl groups excluding tert-OH is 1. The summed E-state index contributed by atoms with van der Waals surface area (Å²) in [6.45, 7) is 3.53. The number of aliphatic hydroxyl groups is 1. The van der Waals surface area contributed by atoms with Gasteiger partial charge in [-0.3, -0.25) is 0 Å². The first-order chi connectivity index (χ1) is 8.84. The van der Waals surface area contributed by atoms with Crippen molar-refractivity contribution in [2.45, 2.75) is 32.2 Å². The third-order valence-corrected chi connectivity index (χ3v) is 3.19. The highest BCUT2D eigenvalue weighted by Gasteiger charge is 2.25. The molecule has 4 nitrogen and oxygen atoms in total. The summed E-state index contributed by atoms with van der Waals surface area (Å²) in [6, 6.07) is 2.20. The molecule has 1 unspecified atom stereocenters. The number of aromatic carboxylic acids is 1. The van der Waals surface area contributed by atoms with Crippen molar-refractivity contribution < 1.29 is 23.8 Å². The molecule has 0 aliphatic carbocycles. The Hall–Kier alpha value is -1.69. The molecule has 0 aromatic heterocycles. The Balaban J connectivity index is 3.09. The number of nitrogens with one attached hydrogen (secondary N) is 1.